The van der Waals surface area contributed by atoms with Crippen molar-refractivity contribution < 1.29 is 9.59 Å². The average molecular weight is 356 g/mol. The van der Waals surface area contributed by atoms with E-state index in [4.69, 9.17) is 0 Å². The molecule has 4 aromatic rings. The highest BCUT2D eigenvalue weighted by atomic mass is 16.1. The molecule has 6 nitrogen and oxygen atoms in total. The van der Waals surface area contributed by atoms with Crippen LogP contribution >= 0.6 is 0 Å². The molecule has 2 heterocycles. The van der Waals surface area contributed by atoms with Crippen molar-refractivity contribution in [1.82, 2.24) is 14.6 Å². The number of aldehydes is 1. The first kappa shape index (κ1) is 16.7. The van der Waals surface area contributed by atoms with Gasteiger partial charge in [-0.25, -0.2) is 0 Å². The number of benzene rings is 2. The van der Waals surface area contributed by atoms with Crippen molar-refractivity contribution in [2.24, 2.45) is 0 Å². The molecule has 0 fully saturated rings. The fourth-order valence-corrected chi connectivity index (χ4v) is 3.08. The Morgan fingerprint density at radius 3 is 2.70 bits per heavy atom. The maximum Gasteiger partial charge on any atom is 0.259 e. The summed E-state index contributed by atoms with van der Waals surface area (Å²) in [6.07, 6.45) is 3.73. The monoisotopic (exact) mass is 356 g/mol. The van der Waals surface area contributed by atoms with Crippen LogP contribution in [0.2, 0.25) is 0 Å². The number of amides is 1. The largest absolute Gasteiger partial charge is 0.322 e. The number of pyridine rings is 1. The number of hydrogen-bond acceptors (Lipinski definition) is 4. The zero-order valence-corrected chi connectivity index (χ0v) is 14.6. The van der Waals surface area contributed by atoms with E-state index >= 15 is 0 Å². The van der Waals surface area contributed by atoms with Crippen molar-refractivity contribution in [3.8, 4) is 11.1 Å². The van der Waals surface area contributed by atoms with Crippen LogP contribution in [-0.4, -0.2) is 26.8 Å². The van der Waals surface area contributed by atoms with Crippen LogP contribution in [-0.2, 0) is 0 Å². The molecule has 6 heteroatoms. The van der Waals surface area contributed by atoms with Gasteiger partial charge >= 0.3 is 0 Å². The Labute approximate surface area is 155 Å². The number of carbonyl (C=O) groups is 2. The van der Waals surface area contributed by atoms with E-state index in [-0.39, 0.29) is 5.91 Å². The summed E-state index contributed by atoms with van der Waals surface area (Å²) >= 11 is 0. The summed E-state index contributed by atoms with van der Waals surface area (Å²) in [5.41, 5.74) is 4.85. The van der Waals surface area contributed by atoms with Crippen molar-refractivity contribution in [2.75, 3.05) is 5.32 Å². The van der Waals surface area contributed by atoms with Gasteiger partial charge in [-0.05, 0) is 35.7 Å². The van der Waals surface area contributed by atoms with Crippen LogP contribution in [0.1, 0.15) is 26.3 Å². The second kappa shape index (κ2) is 6.84. The Balaban J connectivity index is 1.72. The lowest BCUT2D eigenvalue weighted by molar-refractivity contribution is 0.102. The Morgan fingerprint density at radius 2 is 1.93 bits per heavy atom. The molecule has 0 unspecified atom stereocenters. The Bertz CT molecular complexity index is 1150. The molecule has 0 aliphatic rings. The molecule has 0 aliphatic carbocycles. The van der Waals surface area contributed by atoms with Crippen LogP contribution in [0.15, 0.2) is 67.1 Å². The summed E-state index contributed by atoms with van der Waals surface area (Å²) in [6.45, 7) is 1.96. The van der Waals surface area contributed by atoms with Gasteiger partial charge in [0.25, 0.3) is 5.91 Å². The minimum absolute atomic E-state index is 0.293. The lowest BCUT2D eigenvalue weighted by atomic mass is 9.99. The third kappa shape index (κ3) is 3.08. The Morgan fingerprint density at radius 1 is 1.11 bits per heavy atom. The zero-order valence-electron chi connectivity index (χ0n) is 14.6. The van der Waals surface area contributed by atoms with Gasteiger partial charge in [-0.3, -0.25) is 14.0 Å². The standard InChI is InChI=1S/C21H16N4O2/c1-14-17(16-6-3-2-4-7-16)8-5-9-19(14)23-21(27)18-10-15(12-26)11-25-13-22-24-20(18)25/h2-13H,1H3,(H,23,27). The van der Waals surface area contributed by atoms with E-state index in [1.165, 1.54) is 12.4 Å². The molecular formula is C21H16N4O2. The fourth-order valence-electron chi connectivity index (χ4n) is 3.08. The van der Waals surface area contributed by atoms with Gasteiger partial charge in [0, 0.05) is 17.4 Å². The van der Waals surface area contributed by atoms with Gasteiger partial charge in [-0.1, -0.05) is 42.5 Å². The summed E-state index contributed by atoms with van der Waals surface area (Å²) in [4.78, 5) is 24.1. The molecule has 1 amide bonds. The van der Waals surface area contributed by atoms with Crippen molar-refractivity contribution in [3.63, 3.8) is 0 Å². The highest BCUT2D eigenvalue weighted by Crippen LogP contribution is 2.28. The summed E-state index contributed by atoms with van der Waals surface area (Å²) in [5.74, 6) is -0.343. The molecule has 4 rings (SSSR count). The molecule has 0 radical (unpaired) electrons. The van der Waals surface area contributed by atoms with E-state index in [9.17, 15) is 9.59 Å². The molecular weight excluding hydrogens is 340 g/mol. The predicted octanol–water partition coefficient (Wildman–Crippen LogP) is 3.77. The second-order valence-electron chi connectivity index (χ2n) is 6.17. The maximum absolute atomic E-state index is 12.9. The number of fused-ring (bicyclic) bond motifs is 1. The van der Waals surface area contributed by atoms with Gasteiger partial charge < -0.3 is 5.32 Å². The normalized spacial score (nSPS) is 10.7. The molecule has 0 atom stereocenters. The van der Waals surface area contributed by atoms with Gasteiger partial charge in [0.05, 0.1) is 5.56 Å². The van der Waals surface area contributed by atoms with Crippen LogP contribution in [0.4, 0.5) is 5.69 Å². The van der Waals surface area contributed by atoms with Crippen LogP contribution in [0, 0.1) is 6.92 Å². The molecule has 1 N–H and O–H groups in total. The third-order valence-electron chi connectivity index (χ3n) is 4.46. The second-order valence-corrected chi connectivity index (χ2v) is 6.17. The predicted molar refractivity (Wildman–Crippen MR) is 103 cm³/mol. The van der Waals surface area contributed by atoms with E-state index in [1.807, 2.05) is 55.5 Å². The lowest BCUT2D eigenvalue weighted by Gasteiger charge is -2.13. The number of carbonyl (C=O) groups excluding carboxylic acids is 2. The minimum atomic E-state index is -0.343. The molecule has 0 spiro atoms. The molecule has 2 aromatic carbocycles. The summed E-state index contributed by atoms with van der Waals surface area (Å²) < 4.78 is 1.56. The van der Waals surface area contributed by atoms with Crippen molar-refractivity contribution in [1.29, 1.82) is 0 Å². The molecule has 0 bridgehead atoms. The topological polar surface area (TPSA) is 76.4 Å². The van der Waals surface area contributed by atoms with Gasteiger partial charge in [0.1, 0.15) is 6.33 Å². The Hall–Kier alpha value is -3.80. The molecule has 27 heavy (non-hydrogen) atoms. The zero-order chi connectivity index (χ0) is 18.8. The smallest absolute Gasteiger partial charge is 0.259 e. The number of nitrogens with zero attached hydrogens (tertiary/aromatic N) is 3. The van der Waals surface area contributed by atoms with E-state index < -0.39 is 0 Å². The van der Waals surface area contributed by atoms with Crippen molar-refractivity contribution >= 4 is 23.5 Å². The summed E-state index contributed by atoms with van der Waals surface area (Å²) in [5, 5.41) is 10.7. The highest BCUT2D eigenvalue weighted by Gasteiger charge is 2.16. The van der Waals surface area contributed by atoms with E-state index in [1.54, 1.807) is 10.6 Å². The highest BCUT2D eigenvalue weighted by molar-refractivity contribution is 6.09. The average Bonchev–Trinajstić information content (AvgIpc) is 3.18. The number of nitrogens with one attached hydrogen (secondary N) is 1. The van der Waals surface area contributed by atoms with Crippen LogP contribution in [0.3, 0.4) is 0 Å². The van der Waals surface area contributed by atoms with Crippen molar-refractivity contribution in [3.05, 3.63) is 83.8 Å². The third-order valence-corrected chi connectivity index (χ3v) is 4.46. The van der Waals surface area contributed by atoms with E-state index in [2.05, 4.69) is 15.5 Å². The van der Waals surface area contributed by atoms with Crippen LogP contribution in [0.25, 0.3) is 16.8 Å². The number of hydrogen-bond donors (Lipinski definition) is 1. The minimum Gasteiger partial charge on any atom is -0.322 e. The van der Waals surface area contributed by atoms with E-state index in [0.29, 0.717) is 28.7 Å². The lowest BCUT2D eigenvalue weighted by Crippen LogP contribution is -2.15. The fraction of sp³-hybridized carbons (Fsp3) is 0.0476. The quantitative estimate of drug-likeness (QED) is 0.565. The molecule has 0 aliphatic heterocycles. The maximum atomic E-state index is 12.9. The van der Waals surface area contributed by atoms with Gasteiger partial charge in [-0.2, -0.15) is 0 Å². The van der Waals surface area contributed by atoms with Crippen LogP contribution in [0.5, 0.6) is 0 Å². The van der Waals surface area contributed by atoms with Gasteiger partial charge in [0.2, 0.25) is 0 Å². The first-order chi connectivity index (χ1) is 13.2. The number of aromatic nitrogens is 3. The van der Waals surface area contributed by atoms with Gasteiger partial charge in [-0.15, -0.1) is 10.2 Å². The number of anilines is 1. The Kier molecular flexibility index (Phi) is 4.22. The van der Waals surface area contributed by atoms with Crippen LogP contribution < -0.4 is 5.32 Å². The molecule has 0 saturated heterocycles. The summed E-state index contributed by atoms with van der Waals surface area (Å²) in [6, 6.07) is 17.3. The molecule has 132 valence electrons. The SMILES string of the molecule is Cc1c(NC(=O)c2cc(C=O)cn3cnnc23)cccc1-c1ccccc1. The van der Waals surface area contributed by atoms with Crippen molar-refractivity contribution in [2.45, 2.75) is 6.92 Å². The van der Waals surface area contributed by atoms with Gasteiger partial charge in [0.15, 0.2) is 11.9 Å². The first-order valence-corrected chi connectivity index (χ1v) is 8.42. The number of rotatable bonds is 4. The van der Waals surface area contributed by atoms with E-state index in [0.717, 1.165) is 16.7 Å². The summed E-state index contributed by atoms with van der Waals surface area (Å²) in [7, 11) is 0. The molecule has 2 aromatic heterocycles. The molecule has 0 saturated carbocycles. The first-order valence-electron chi connectivity index (χ1n) is 8.42.